The Morgan fingerprint density at radius 1 is 0.474 bits per heavy atom. The summed E-state index contributed by atoms with van der Waals surface area (Å²) in [6, 6.07) is 65.2. The SMILES string of the molecule is CCC(C)/C(=C\C=C/C(C)c1cccc2ccccc12)c1ccc(-c2c3ccccc3c(-c3cccc4c(-c5ccc(C)cc5)cccc34)c3ccccc23)cc1. The van der Waals surface area contributed by atoms with Crippen LogP contribution in [0.2, 0.25) is 0 Å². The third kappa shape index (κ3) is 6.76. The van der Waals surface area contributed by atoms with Gasteiger partial charge in [0.25, 0.3) is 0 Å². The number of allylic oxidation sites excluding steroid dienone is 4. The Bertz CT molecular complexity index is 2890. The van der Waals surface area contributed by atoms with Gasteiger partial charge in [0.05, 0.1) is 0 Å². The van der Waals surface area contributed by atoms with Crippen LogP contribution in [-0.2, 0) is 0 Å². The molecule has 0 N–H and O–H groups in total. The van der Waals surface area contributed by atoms with Gasteiger partial charge in [0, 0.05) is 0 Å². The molecule has 9 rings (SSSR count). The quantitative estimate of drug-likeness (QED) is 0.102. The van der Waals surface area contributed by atoms with Crippen molar-refractivity contribution in [2.24, 2.45) is 5.92 Å². The summed E-state index contributed by atoms with van der Waals surface area (Å²) in [6.07, 6.45) is 8.05. The zero-order valence-corrected chi connectivity index (χ0v) is 33.3. The van der Waals surface area contributed by atoms with E-state index in [1.165, 1.54) is 98.7 Å². The largest absolute Gasteiger partial charge is 0.0773 e. The average molecular weight is 733 g/mol. The summed E-state index contributed by atoms with van der Waals surface area (Å²) in [6.45, 7) is 9.08. The highest BCUT2D eigenvalue weighted by Gasteiger charge is 2.19. The Morgan fingerprint density at radius 3 is 1.63 bits per heavy atom. The Balaban J connectivity index is 1.13. The second-order valence-corrected chi connectivity index (χ2v) is 15.7. The zero-order valence-electron chi connectivity index (χ0n) is 33.3. The van der Waals surface area contributed by atoms with Gasteiger partial charge in [-0.25, -0.2) is 0 Å². The van der Waals surface area contributed by atoms with Crippen LogP contribution in [0.3, 0.4) is 0 Å². The Kier molecular flexibility index (Phi) is 9.87. The monoisotopic (exact) mass is 732 g/mol. The predicted molar refractivity (Wildman–Crippen MR) is 249 cm³/mol. The van der Waals surface area contributed by atoms with Crippen LogP contribution < -0.4 is 0 Å². The van der Waals surface area contributed by atoms with Crippen LogP contribution in [0.25, 0.3) is 82.0 Å². The first-order valence-corrected chi connectivity index (χ1v) is 20.5. The summed E-state index contributed by atoms with van der Waals surface area (Å²) in [5, 5.41) is 10.3. The molecule has 0 radical (unpaired) electrons. The van der Waals surface area contributed by atoms with Gasteiger partial charge in [0.2, 0.25) is 0 Å². The van der Waals surface area contributed by atoms with Crippen molar-refractivity contribution in [2.45, 2.75) is 40.0 Å². The van der Waals surface area contributed by atoms with Crippen LogP contribution in [0.4, 0.5) is 0 Å². The molecule has 2 atom stereocenters. The fourth-order valence-corrected chi connectivity index (χ4v) is 8.91. The number of benzene rings is 9. The van der Waals surface area contributed by atoms with Crippen LogP contribution in [0.5, 0.6) is 0 Å². The van der Waals surface area contributed by atoms with Gasteiger partial charge in [-0.05, 0) is 118 Å². The first-order chi connectivity index (χ1) is 28.0. The van der Waals surface area contributed by atoms with E-state index in [1.54, 1.807) is 0 Å². The minimum absolute atomic E-state index is 0.307. The number of fused-ring (bicyclic) bond motifs is 4. The molecule has 0 saturated heterocycles. The van der Waals surface area contributed by atoms with Gasteiger partial charge >= 0.3 is 0 Å². The number of hydrogen-bond donors (Lipinski definition) is 0. The normalized spacial score (nSPS) is 13.2. The van der Waals surface area contributed by atoms with Crippen molar-refractivity contribution in [3.05, 3.63) is 211 Å². The van der Waals surface area contributed by atoms with Gasteiger partial charge in [-0.15, -0.1) is 0 Å². The first kappa shape index (κ1) is 36.2. The standard InChI is InChI=1S/C57H48/c1-5-39(3)45(24-12-16-40(4)46-25-13-18-41-17-6-7-19-47(41)46)42-34-36-44(37-35-42)56-52-20-8-10-22-54(52)57(55-23-11-9-21-53(55)56)51-29-15-27-49-48(26-14-28-50(49)51)43-32-30-38(2)31-33-43/h6-37,39-40H,5H2,1-4H3/b16-12-,45-24+. The molecule has 276 valence electrons. The molecular formula is C57H48. The van der Waals surface area contributed by atoms with E-state index in [0.29, 0.717) is 11.8 Å². The summed E-state index contributed by atoms with van der Waals surface area (Å²) in [7, 11) is 0. The maximum absolute atomic E-state index is 2.35. The lowest BCUT2D eigenvalue weighted by Gasteiger charge is -2.20. The van der Waals surface area contributed by atoms with E-state index < -0.39 is 0 Å². The molecule has 0 heterocycles. The summed E-state index contributed by atoms with van der Waals surface area (Å²) in [4.78, 5) is 0. The maximum atomic E-state index is 2.35. The molecule has 0 bridgehead atoms. The van der Waals surface area contributed by atoms with E-state index in [2.05, 4.69) is 222 Å². The zero-order chi connectivity index (χ0) is 38.9. The van der Waals surface area contributed by atoms with Crippen LogP contribution in [0.1, 0.15) is 49.8 Å². The van der Waals surface area contributed by atoms with E-state index in [0.717, 1.165) is 6.42 Å². The van der Waals surface area contributed by atoms with Gasteiger partial charge in [0.15, 0.2) is 0 Å². The molecule has 0 fully saturated rings. The van der Waals surface area contributed by atoms with Crippen molar-refractivity contribution in [1.29, 1.82) is 0 Å². The Labute approximate surface area is 337 Å². The molecule has 0 aliphatic heterocycles. The Hall–Kier alpha value is -6.50. The molecule has 0 aliphatic carbocycles. The van der Waals surface area contributed by atoms with E-state index in [1.807, 2.05) is 0 Å². The molecule has 0 saturated carbocycles. The Morgan fingerprint density at radius 2 is 0.982 bits per heavy atom. The van der Waals surface area contributed by atoms with Crippen molar-refractivity contribution in [1.82, 2.24) is 0 Å². The lowest BCUT2D eigenvalue weighted by Crippen LogP contribution is -1.98. The number of hydrogen-bond acceptors (Lipinski definition) is 0. The molecule has 2 unspecified atom stereocenters. The summed E-state index contributed by atoms with van der Waals surface area (Å²) in [5.74, 6) is 0.739. The highest BCUT2D eigenvalue weighted by atomic mass is 14.2. The second kappa shape index (κ2) is 15.6. The number of aryl methyl sites for hydroxylation is 1. The van der Waals surface area contributed by atoms with E-state index >= 15 is 0 Å². The summed E-state index contributed by atoms with van der Waals surface area (Å²) < 4.78 is 0. The molecule has 9 aromatic rings. The van der Waals surface area contributed by atoms with Crippen molar-refractivity contribution in [3.63, 3.8) is 0 Å². The van der Waals surface area contributed by atoms with Crippen LogP contribution in [0.15, 0.2) is 194 Å². The molecule has 0 nitrogen and oxygen atoms in total. The van der Waals surface area contributed by atoms with Gasteiger partial charge in [0.1, 0.15) is 0 Å². The average Bonchev–Trinajstić information content (AvgIpc) is 3.26. The molecule has 0 heteroatoms. The molecular weight excluding hydrogens is 685 g/mol. The van der Waals surface area contributed by atoms with E-state index in [4.69, 9.17) is 0 Å². The van der Waals surface area contributed by atoms with Crippen LogP contribution in [-0.4, -0.2) is 0 Å². The molecule has 0 spiro atoms. The summed E-state index contributed by atoms with van der Waals surface area (Å²) in [5.41, 5.74) is 12.9. The minimum atomic E-state index is 0.307. The van der Waals surface area contributed by atoms with E-state index in [9.17, 15) is 0 Å². The molecule has 9 aromatic carbocycles. The first-order valence-electron chi connectivity index (χ1n) is 20.5. The number of rotatable bonds is 9. The van der Waals surface area contributed by atoms with Gasteiger partial charge in [-0.2, -0.15) is 0 Å². The minimum Gasteiger partial charge on any atom is -0.0773 e. The molecule has 0 aliphatic rings. The smallest absolute Gasteiger partial charge is 0.000117 e. The summed E-state index contributed by atoms with van der Waals surface area (Å²) >= 11 is 0. The molecule has 0 aromatic heterocycles. The van der Waals surface area contributed by atoms with Gasteiger partial charge in [-0.3, -0.25) is 0 Å². The fraction of sp³-hybridized carbons (Fsp3) is 0.123. The van der Waals surface area contributed by atoms with Crippen molar-refractivity contribution >= 4 is 48.7 Å². The van der Waals surface area contributed by atoms with Crippen LogP contribution >= 0.6 is 0 Å². The fourth-order valence-electron chi connectivity index (χ4n) is 8.91. The highest BCUT2D eigenvalue weighted by molar-refractivity contribution is 6.24. The topological polar surface area (TPSA) is 0 Å². The predicted octanol–water partition coefficient (Wildman–Crippen LogP) is 16.4. The third-order valence-electron chi connectivity index (χ3n) is 12.1. The van der Waals surface area contributed by atoms with Crippen LogP contribution in [0, 0.1) is 12.8 Å². The lowest BCUT2D eigenvalue weighted by molar-refractivity contribution is 0.717. The van der Waals surface area contributed by atoms with E-state index in [-0.39, 0.29) is 0 Å². The highest BCUT2D eigenvalue weighted by Crippen LogP contribution is 2.46. The van der Waals surface area contributed by atoms with Gasteiger partial charge in [-0.1, -0.05) is 220 Å². The van der Waals surface area contributed by atoms with Crippen molar-refractivity contribution in [2.75, 3.05) is 0 Å². The van der Waals surface area contributed by atoms with Crippen molar-refractivity contribution < 1.29 is 0 Å². The lowest BCUT2D eigenvalue weighted by atomic mass is 9.83. The molecule has 0 amide bonds. The molecule has 57 heavy (non-hydrogen) atoms. The third-order valence-corrected chi connectivity index (χ3v) is 12.1. The van der Waals surface area contributed by atoms with Crippen molar-refractivity contribution in [3.8, 4) is 33.4 Å². The van der Waals surface area contributed by atoms with Gasteiger partial charge < -0.3 is 0 Å². The maximum Gasteiger partial charge on any atom is -0.000117 e. The second-order valence-electron chi connectivity index (χ2n) is 15.7.